The number of benzene rings is 1. The number of ether oxygens (including phenoxy) is 1. The summed E-state index contributed by atoms with van der Waals surface area (Å²) >= 11 is 1.41. The molecule has 132 valence electrons. The second kappa shape index (κ2) is 7.13. The van der Waals surface area contributed by atoms with E-state index in [1.807, 2.05) is 29.2 Å². The van der Waals surface area contributed by atoms with Crippen molar-refractivity contribution >= 4 is 28.1 Å². The maximum atomic E-state index is 12.8. The first-order valence-corrected chi connectivity index (χ1v) is 9.18. The number of fused-ring (bicyclic) bond motifs is 1. The maximum Gasteiger partial charge on any atom is 0.273 e. The van der Waals surface area contributed by atoms with Gasteiger partial charge >= 0.3 is 0 Å². The Kier molecular flexibility index (Phi) is 4.53. The van der Waals surface area contributed by atoms with Crippen LogP contribution in [0.1, 0.15) is 21.6 Å². The number of nitrogens with one attached hydrogen (secondary N) is 1. The third-order valence-electron chi connectivity index (χ3n) is 4.35. The maximum absolute atomic E-state index is 12.8. The van der Waals surface area contributed by atoms with E-state index in [-0.39, 0.29) is 5.91 Å². The molecule has 2 aromatic heterocycles. The van der Waals surface area contributed by atoms with Crippen LogP contribution < -0.4 is 10.1 Å². The summed E-state index contributed by atoms with van der Waals surface area (Å²) < 4.78 is 5.27. The Morgan fingerprint density at radius 1 is 1.31 bits per heavy atom. The molecule has 0 spiro atoms. The van der Waals surface area contributed by atoms with Gasteiger partial charge in [0.05, 0.1) is 19.0 Å². The zero-order chi connectivity index (χ0) is 17.9. The number of carbonyl (C=O) groups excluding carboxylic acids is 1. The summed E-state index contributed by atoms with van der Waals surface area (Å²) in [4.78, 5) is 23.1. The number of aromatic nitrogens is 2. The lowest BCUT2D eigenvalue weighted by Gasteiger charge is -2.28. The van der Waals surface area contributed by atoms with Gasteiger partial charge in [0.15, 0.2) is 5.13 Å². The van der Waals surface area contributed by atoms with Crippen LogP contribution in [0.5, 0.6) is 5.75 Å². The van der Waals surface area contributed by atoms with E-state index in [2.05, 4.69) is 21.4 Å². The molecular formula is C19H18N4O2S. The summed E-state index contributed by atoms with van der Waals surface area (Å²) in [5, 5.41) is 5.65. The zero-order valence-electron chi connectivity index (χ0n) is 14.3. The molecule has 0 aliphatic carbocycles. The first-order valence-electron chi connectivity index (χ1n) is 8.30. The lowest BCUT2D eigenvalue weighted by atomic mass is 9.99. The highest BCUT2D eigenvalue weighted by molar-refractivity contribution is 7.14. The Morgan fingerprint density at radius 2 is 2.23 bits per heavy atom. The number of methoxy groups -OCH3 is 1. The summed E-state index contributed by atoms with van der Waals surface area (Å²) in [6, 6.07) is 9.78. The molecule has 1 aliphatic heterocycles. The van der Waals surface area contributed by atoms with Crippen molar-refractivity contribution in [3.63, 3.8) is 0 Å². The van der Waals surface area contributed by atoms with Gasteiger partial charge in [-0.25, -0.2) is 4.98 Å². The molecule has 3 aromatic rings. The molecule has 0 saturated heterocycles. The Hall–Kier alpha value is -2.93. The Balaban J connectivity index is 1.46. The van der Waals surface area contributed by atoms with E-state index >= 15 is 0 Å². The van der Waals surface area contributed by atoms with Crippen molar-refractivity contribution in [1.82, 2.24) is 14.9 Å². The van der Waals surface area contributed by atoms with Crippen molar-refractivity contribution in [2.45, 2.75) is 13.0 Å². The average molecular weight is 366 g/mol. The van der Waals surface area contributed by atoms with Crippen molar-refractivity contribution in [2.75, 3.05) is 19.0 Å². The van der Waals surface area contributed by atoms with E-state index in [1.54, 1.807) is 24.9 Å². The van der Waals surface area contributed by atoms with E-state index in [1.165, 1.54) is 16.9 Å². The van der Waals surface area contributed by atoms with Crippen LogP contribution in [0.25, 0.3) is 0 Å². The number of hydrogen-bond donors (Lipinski definition) is 1. The van der Waals surface area contributed by atoms with Crippen LogP contribution >= 0.6 is 11.3 Å². The van der Waals surface area contributed by atoms with Crippen LogP contribution in [0.15, 0.2) is 48.1 Å². The van der Waals surface area contributed by atoms with Gasteiger partial charge in [0, 0.05) is 24.7 Å². The number of amides is 1. The Bertz CT molecular complexity index is 926. The molecule has 0 radical (unpaired) electrons. The van der Waals surface area contributed by atoms with Crippen LogP contribution in [0.2, 0.25) is 0 Å². The van der Waals surface area contributed by atoms with Gasteiger partial charge in [0.2, 0.25) is 0 Å². The number of rotatable bonds is 4. The number of anilines is 2. The van der Waals surface area contributed by atoms with Gasteiger partial charge in [0.1, 0.15) is 11.4 Å². The van der Waals surface area contributed by atoms with Gasteiger partial charge in [-0.2, -0.15) is 0 Å². The summed E-state index contributed by atoms with van der Waals surface area (Å²) in [5.74, 6) is 0.816. The number of thiazole rings is 1. The lowest BCUT2D eigenvalue weighted by molar-refractivity contribution is 0.0729. The zero-order valence-corrected chi connectivity index (χ0v) is 15.1. The van der Waals surface area contributed by atoms with Gasteiger partial charge < -0.3 is 15.0 Å². The van der Waals surface area contributed by atoms with Crippen LogP contribution in [0, 0.1) is 0 Å². The van der Waals surface area contributed by atoms with E-state index < -0.39 is 0 Å². The largest absolute Gasteiger partial charge is 0.497 e. The van der Waals surface area contributed by atoms with Crippen LogP contribution in [-0.4, -0.2) is 34.4 Å². The van der Waals surface area contributed by atoms with Crippen molar-refractivity contribution in [2.24, 2.45) is 0 Å². The average Bonchev–Trinajstić information content (AvgIpc) is 3.15. The number of carbonyl (C=O) groups is 1. The first-order chi connectivity index (χ1) is 12.7. The quantitative estimate of drug-likeness (QED) is 0.766. The predicted octanol–water partition coefficient (Wildman–Crippen LogP) is 3.49. The van der Waals surface area contributed by atoms with Crippen LogP contribution in [0.3, 0.4) is 0 Å². The number of nitrogens with zero attached hydrogens (tertiary/aromatic N) is 3. The SMILES string of the molecule is COc1ccc2c(c1)CCN(C(=O)c1csc(Nc3cccnc3)n1)C2. The normalized spacial score (nSPS) is 13.2. The molecule has 0 fully saturated rings. The number of pyridine rings is 1. The molecule has 1 amide bonds. The van der Waals surface area contributed by atoms with Gasteiger partial charge in [-0.15, -0.1) is 11.3 Å². The minimum absolute atomic E-state index is 0.0399. The summed E-state index contributed by atoms with van der Waals surface area (Å²) in [7, 11) is 1.67. The van der Waals surface area contributed by atoms with Gasteiger partial charge in [-0.1, -0.05) is 6.07 Å². The molecule has 1 aliphatic rings. The monoisotopic (exact) mass is 366 g/mol. The minimum Gasteiger partial charge on any atom is -0.497 e. The second-order valence-corrected chi connectivity index (χ2v) is 6.87. The highest BCUT2D eigenvalue weighted by atomic mass is 32.1. The van der Waals surface area contributed by atoms with Gasteiger partial charge in [-0.05, 0) is 41.8 Å². The van der Waals surface area contributed by atoms with Gasteiger partial charge in [-0.3, -0.25) is 9.78 Å². The van der Waals surface area contributed by atoms with Crippen molar-refractivity contribution in [1.29, 1.82) is 0 Å². The van der Waals surface area contributed by atoms with Gasteiger partial charge in [0.25, 0.3) is 5.91 Å². The second-order valence-electron chi connectivity index (χ2n) is 6.02. The van der Waals surface area contributed by atoms with Crippen molar-refractivity contribution in [3.8, 4) is 5.75 Å². The lowest BCUT2D eigenvalue weighted by Crippen LogP contribution is -2.36. The van der Waals surface area contributed by atoms with E-state index in [0.29, 0.717) is 23.9 Å². The standard InChI is InChI=1S/C19H18N4O2S/c1-25-16-5-4-14-11-23(8-6-13(14)9-16)18(24)17-12-26-19(22-17)21-15-3-2-7-20-10-15/h2-5,7,9-10,12H,6,8,11H2,1H3,(H,21,22). The predicted molar refractivity (Wildman–Crippen MR) is 101 cm³/mol. The molecule has 6 nitrogen and oxygen atoms in total. The molecule has 0 atom stereocenters. The summed E-state index contributed by atoms with van der Waals surface area (Å²) in [5.41, 5.74) is 3.72. The molecule has 1 aromatic carbocycles. The van der Waals surface area contributed by atoms with E-state index in [0.717, 1.165) is 23.4 Å². The summed E-state index contributed by atoms with van der Waals surface area (Å²) in [6.45, 7) is 1.28. The third kappa shape index (κ3) is 3.39. The fourth-order valence-electron chi connectivity index (χ4n) is 2.98. The Morgan fingerprint density at radius 3 is 3.04 bits per heavy atom. The molecule has 1 N–H and O–H groups in total. The third-order valence-corrected chi connectivity index (χ3v) is 5.11. The fourth-order valence-corrected chi connectivity index (χ4v) is 3.69. The van der Waals surface area contributed by atoms with E-state index in [9.17, 15) is 4.79 Å². The molecule has 26 heavy (non-hydrogen) atoms. The molecule has 0 saturated carbocycles. The molecule has 4 rings (SSSR count). The van der Waals surface area contributed by atoms with Crippen LogP contribution in [-0.2, 0) is 13.0 Å². The highest BCUT2D eigenvalue weighted by Crippen LogP contribution is 2.26. The first kappa shape index (κ1) is 16.5. The fraction of sp³-hybridized carbons (Fsp3) is 0.211. The topological polar surface area (TPSA) is 67.3 Å². The molecule has 0 unspecified atom stereocenters. The van der Waals surface area contributed by atoms with Crippen molar-refractivity contribution < 1.29 is 9.53 Å². The molecular weight excluding hydrogens is 348 g/mol. The summed E-state index contributed by atoms with van der Waals surface area (Å²) in [6.07, 6.45) is 4.26. The minimum atomic E-state index is -0.0399. The van der Waals surface area contributed by atoms with Crippen molar-refractivity contribution in [3.05, 3.63) is 64.9 Å². The molecule has 0 bridgehead atoms. The number of hydrogen-bond acceptors (Lipinski definition) is 6. The molecule has 7 heteroatoms. The Labute approximate surface area is 155 Å². The van der Waals surface area contributed by atoms with Crippen LogP contribution in [0.4, 0.5) is 10.8 Å². The smallest absolute Gasteiger partial charge is 0.273 e. The highest BCUT2D eigenvalue weighted by Gasteiger charge is 2.24. The van der Waals surface area contributed by atoms with E-state index in [4.69, 9.17) is 4.74 Å². The molecule has 3 heterocycles.